The van der Waals surface area contributed by atoms with Crippen LogP contribution in [0.4, 0.5) is 0 Å². The molecule has 20 heavy (non-hydrogen) atoms. The van der Waals surface area contributed by atoms with Gasteiger partial charge in [-0.3, -0.25) is 9.59 Å². The zero-order valence-corrected chi connectivity index (χ0v) is 12.1. The maximum Gasteiger partial charge on any atom is 0.305 e. The van der Waals surface area contributed by atoms with Crippen molar-refractivity contribution < 1.29 is 19.1 Å². The molecule has 1 atom stereocenters. The lowest BCUT2D eigenvalue weighted by Crippen LogP contribution is -2.33. The van der Waals surface area contributed by atoms with E-state index in [0.29, 0.717) is 24.3 Å². The molecule has 0 saturated carbocycles. The summed E-state index contributed by atoms with van der Waals surface area (Å²) in [6.45, 7) is 4.30. The van der Waals surface area contributed by atoms with Crippen LogP contribution in [0.1, 0.15) is 37.0 Å². The van der Waals surface area contributed by atoms with E-state index < -0.39 is 0 Å². The van der Waals surface area contributed by atoms with Gasteiger partial charge in [-0.05, 0) is 38.5 Å². The third-order valence-electron chi connectivity index (χ3n) is 2.79. The van der Waals surface area contributed by atoms with E-state index in [1.165, 1.54) is 7.11 Å². The van der Waals surface area contributed by atoms with Crippen molar-refractivity contribution in [2.24, 2.45) is 0 Å². The molecule has 1 rings (SSSR count). The topological polar surface area (TPSA) is 64.6 Å². The third-order valence-corrected chi connectivity index (χ3v) is 2.79. The predicted molar refractivity (Wildman–Crippen MR) is 75.8 cm³/mol. The number of benzene rings is 1. The van der Waals surface area contributed by atoms with Crippen molar-refractivity contribution in [1.82, 2.24) is 5.32 Å². The first-order valence-electron chi connectivity index (χ1n) is 6.67. The Morgan fingerprint density at radius 3 is 2.75 bits per heavy atom. The Kier molecular flexibility index (Phi) is 6.56. The van der Waals surface area contributed by atoms with Crippen molar-refractivity contribution in [2.75, 3.05) is 13.7 Å². The Bertz CT molecular complexity index is 459. The van der Waals surface area contributed by atoms with E-state index >= 15 is 0 Å². The molecular formula is C15H21NO4. The van der Waals surface area contributed by atoms with Crippen LogP contribution in [-0.2, 0) is 9.53 Å². The summed E-state index contributed by atoms with van der Waals surface area (Å²) in [6, 6.07) is 6.91. The molecule has 0 radical (unpaired) electrons. The lowest BCUT2D eigenvalue weighted by Gasteiger charge is -2.13. The summed E-state index contributed by atoms with van der Waals surface area (Å²) in [5.41, 5.74) is 0.542. The normalized spacial score (nSPS) is 11.6. The minimum Gasteiger partial charge on any atom is -0.494 e. The molecule has 1 aromatic carbocycles. The van der Waals surface area contributed by atoms with Gasteiger partial charge in [0.1, 0.15) is 5.75 Å². The summed E-state index contributed by atoms with van der Waals surface area (Å²) >= 11 is 0. The summed E-state index contributed by atoms with van der Waals surface area (Å²) in [5.74, 6) is 0.218. The third kappa shape index (κ3) is 5.30. The molecule has 5 nitrogen and oxygen atoms in total. The summed E-state index contributed by atoms with van der Waals surface area (Å²) in [4.78, 5) is 23.1. The van der Waals surface area contributed by atoms with E-state index in [4.69, 9.17) is 4.74 Å². The van der Waals surface area contributed by atoms with Gasteiger partial charge < -0.3 is 14.8 Å². The number of carbonyl (C=O) groups excluding carboxylic acids is 2. The summed E-state index contributed by atoms with van der Waals surface area (Å²) in [7, 11) is 1.35. The number of ether oxygens (including phenoxy) is 2. The SMILES string of the molecule is CCOc1cccc(C(=O)NC(C)CCC(=O)OC)c1. The van der Waals surface area contributed by atoms with E-state index in [1.54, 1.807) is 24.3 Å². The van der Waals surface area contributed by atoms with Crippen LogP contribution in [0.5, 0.6) is 5.75 Å². The summed E-state index contributed by atoms with van der Waals surface area (Å²) in [6.07, 6.45) is 0.834. The van der Waals surface area contributed by atoms with Gasteiger partial charge in [0.25, 0.3) is 5.91 Å². The molecule has 5 heteroatoms. The maximum atomic E-state index is 12.0. The zero-order chi connectivity index (χ0) is 15.0. The Morgan fingerprint density at radius 1 is 1.35 bits per heavy atom. The van der Waals surface area contributed by atoms with Gasteiger partial charge in [-0.15, -0.1) is 0 Å². The monoisotopic (exact) mass is 279 g/mol. The second-order valence-electron chi connectivity index (χ2n) is 4.45. The van der Waals surface area contributed by atoms with Gasteiger partial charge in [0, 0.05) is 18.0 Å². The van der Waals surface area contributed by atoms with Crippen molar-refractivity contribution in [3.05, 3.63) is 29.8 Å². The van der Waals surface area contributed by atoms with E-state index in [9.17, 15) is 9.59 Å². The highest BCUT2D eigenvalue weighted by atomic mass is 16.5. The molecule has 0 aliphatic carbocycles. The number of carbonyl (C=O) groups is 2. The smallest absolute Gasteiger partial charge is 0.305 e. The molecule has 0 saturated heterocycles. The molecule has 0 aromatic heterocycles. The van der Waals surface area contributed by atoms with Gasteiger partial charge in [0.2, 0.25) is 0 Å². The molecule has 0 aliphatic rings. The molecule has 0 heterocycles. The molecule has 1 N–H and O–H groups in total. The number of rotatable bonds is 7. The van der Waals surface area contributed by atoms with Crippen LogP contribution in [0.25, 0.3) is 0 Å². The van der Waals surface area contributed by atoms with Crippen LogP contribution in [0.3, 0.4) is 0 Å². The summed E-state index contributed by atoms with van der Waals surface area (Å²) < 4.78 is 9.92. The van der Waals surface area contributed by atoms with Crippen molar-refractivity contribution in [3.63, 3.8) is 0 Å². The molecule has 1 amide bonds. The van der Waals surface area contributed by atoms with Crippen LogP contribution < -0.4 is 10.1 Å². The number of amides is 1. The minimum absolute atomic E-state index is 0.0997. The van der Waals surface area contributed by atoms with Crippen LogP contribution in [0.15, 0.2) is 24.3 Å². The van der Waals surface area contributed by atoms with Gasteiger partial charge in [0.05, 0.1) is 13.7 Å². The standard InChI is InChI=1S/C15H21NO4/c1-4-20-13-7-5-6-12(10-13)15(18)16-11(2)8-9-14(17)19-3/h5-7,10-11H,4,8-9H2,1-3H3,(H,16,18). The molecule has 0 fully saturated rings. The molecule has 1 aromatic rings. The van der Waals surface area contributed by atoms with E-state index in [2.05, 4.69) is 10.1 Å². The Hall–Kier alpha value is -2.04. The quantitative estimate of drug-likeness (QED) is 0.777. The second kappa shape index (κ2) is 8.19. The van der Waals surface area contributed by atoms with Crippen molar-refractivity contribution in [2.45, 2.75) is 32.7 Å². The fourth-order valence-corrected chi connectivity index (χ4v) is 1.71. The Balaban J connectivity index is 2.53. The lowest BCUT2D eigenvalue weighted by atomic mass is 10.1. The second-order valence-corrected chi connectivity index (χ2v) is 4.45. The molecule has 110 valence electrons. The number of nitrogens with one attached hydrogen (secondary N) is 1. The van der Waals surface area contributed by atoms with Crippen molar-refractivity contribution in [3.8, 4) is 5.75 Å². The summed E-state index contributed by atoms with van der Waals surface area (Å²) in [5, 5.41) is 2.84. The van der Waals surface area contributed by atoms with Crippen LogP contribution in [0, 0.1) is 0 Å². The van der Waals surface area contributed by atoms with Gasteiger partial charge in [-0.2, -0.15) is 0 Å². The Labute approximate surface area is 119 Å². The largest absolute Gasteiger partial charge is 0.494 e. The van der Waals surface area contributed by atoms with Gasteiger partial charge in [-0.25, -0.2) is 0 Å². The zero-order valence-electron chi connectivity index (χ0n) is 12.1. The number of hydrogen-bond donors (Lipinski definition) is 1. The number of esters is 1. The molecular weight excluding hydrogens is 258 g/mol. The fourth-order valence-electron chi connectivity index (χ4n) is 1.71. The lowest BCUT2D eigenvalue weighted by molar-refractivity contribution is -0.140. The Morgan fingerprint density at radius 2 is 2.10 bits per heavy atom. The highest BCUT2D eigenvalue weighted by Gasteiger charge is 2.12. The minimum atomic E-state index is -0.274. The molecule has 0 aliphatic heterocycles. The first-order valence-corrected chi connectivity index (χ1v) is 6.67. The highest BCUT2D eigenvalue weighted by Crippen LogP contribution is 2.13. The highest BCUT2D eigenvalue weighted by molar-refractivity contribution is 5.94. The van der Waals surface area contributed by atoms with E-state index in [1.807, 2.05) is 13.8 Å². The van der Waals surface area contributed by atoms with Crippen LogP contribution in [0.2, 0.25) is 0 Å². The van der Waals surface area contributed by atoms with Crippen LogP contribution in [-0.4, -0.2) is 31.6 Å². The predicted octanol–water partition coefficient (Wildman–Crippen LogP) is 2.16. The van der Waals surface area contributed by atoms with Gasteiger partial charge in [-0.1, -0.05) is 6.07 Å². The van der Waals surface area contributed by atoms with Crippen molar-refractivity contribution in [1.29, 1.82) is 0 Å². The first-order chi connectivity index (χ1) is 9.56. The fraction of sp³-hybridized carbons (Fsp3) is 0.467. The first kappa shape index (κ1) is 16.0. The maximum absolute atomic E-state index is 12.0. The molecule has 0 bridgehead atoms. The van der Waals surface area contributed by atoms with E-state index in [-0.39, 0.29) is 24.3 Å². The average Bonchev–Trinajstić information content (AvgIpc) is 2.45. The number of hydrogen-bond acceptors (Lipinski definition) is 4. The number of methoxy groups -OCH3 is 1. The van der Waals surface area contributed by atoms with Crippen molar-refractivity contribution >= 4 is 11.9 Å². The van der Waals surface area contributed by atoms with Crippen LogP contribution >= 0.6 is 0 Å². The molecule has 0 spiro atoms. The van der Waals surface area contributed by atoms with Gasteiger partial charge >= 0.3 is 5.97 Å². The molecule has 1 unspecified atom stereocenters. The average molecular weight is 279 g/mol. The van der Waals surface area contributed by atoms with Gasteiger partial charge in [0.15, 0.2) is 0 Å². The van der Waals surface area contributed by atoms with E-state index in [0.717, 1.165) is 0 Å².